The van der Waals surface area contributed by atoms with E-state index in [1.165, 1.54) is 18.5 Å². The Morgan fingerprint density at radius 3 is 2.28 bits per heavy atom. The van der Waals surface area contributed by atoms with Crippen LogP contribution < -0.4 is 15.5 Å². The number of para-hydroxylation sites is 2. The Morgan fingerprint density at radius 1 is 1.16 bits per heavy atom. The Kier molecular flexibility index (Phi) is 4.36. The second kappa shape index (κ2) is 6.21. The minimum atomic E-state index is -4.46. The summed E-state index contributed by atoms with van der Waals surface area (Å²) in [5.41, 5.74) is 0.534. The summed E-state index contributed by atoms with van der Waals surface area (Å²) in [6, 6.07) is 8.34. The molecule has 0 spiro atoms. The Morgan fingerprint density at radius 2 is 1.76 bits per heavy atom. The van der Waals surface area contributed by atoms with Crippen molar-refractivity contribution < 1.29 is 22.1 Å². The lowest BCUT2D eigenvalue weighted by Crippen LogP contribution is -2.29. The second-order valence-corrected chi connectivity index (χ2v) is 6.94. The van der Waals surface area contributed by atoms with Gasteiger partial charge in [-0.1, -0.05) is 12.1 Å². The van der Waals surface area contributed by atoms with Crippen LogP contribution in [0.5, 0.6) is 5.75 Å². The van der Waals surface area contributed by atoms with E-state index in [9.17, 15) is 17.4 Å². The third-order valence-electron chi connectivity index (χ3n) is 3.68. The monoisotopic (exact) mass is 369 g/mol. The van der Waals surface area contributed by atoms with Crippen molar-refractivity contribution in [3.63, 3.8) is 0 Å². The summed E-state index contributed by atoms with van der Waals surface area (Å²) >= 11 is 0. The number of hydrogen-bond acceptors (Lipinski definition) is 5. The highest BCUT2D eigenvalue weighted by molar-refractivity contribution is 7.85. The zero-order valence-electron chi connectivity index (χ0n) is 13.4. The Balaban J connectivity index is 2.11. The third kappa shape index (κ3) is 3.28. The van der Waals surface area contributed by atoms with Gasteiger partial charge in [0.2, 0.25) is 0 Å². The Hall–Kier alpha value is -2.29. The molecule has 1 aromatic heterocycles. The quantitative estimate of drug-likeness (QED) is 0.825. The van der Waals surface area contributed by atoms with E-state index in [2.05, 4.69) is 15.0 Å². The lowest BCUT2D eigenvalue weighted by molar-refractivity contribution is -0.153. The topological polar surface area (TPSA) is 63.9 Å². The predicted octanol–water partition coefficient (Wildman–Crippen LogP) is 1.77. The van der Waals surface area contributed by atoms with Crippen molar-refractivity contribution in [3.05, 3.63) is 58.5 Å². The van der Waals surface area contributed by atoms with Crippen LogP contribution in [-0.4, -0.2) is 28.2 Å². The van der Waals surface area contributed by atoms with E-state index in [0.29, 0.717) is 16.3 Å². The molecular weight excluding hydrogens is 355 g/mol. The van der Waals surface area contributed by atoms with Crippen LogP contribution in [-0.2, 0) is 15.8 Å². The van der Waals surface area contributed by atoms with Gasteiger partial charge in [-0.15, -0.1) is 0 Å². The first-order valence-corrected chi connectivity index (χ1v) is 8.83. The van der Waals surface area contributed by atoms with Crippen molar-refractivity contribution in [2.45, 2.75) is 18.1 Å². The van der Waals surface area contributed by atoms with E-state index >= 15 is 0 Å². The number of alkyl halides is 3. The molecule has 25 heavy (non-hydrogen) atoms. The van der Waals surface area contributed by atoms with E-state index in [0.717, 1.165) is 0 Å². The molecule has 0 N–H and O–H groups in total. The molecule has 5 nitrogen and oxygen atoms in total. The Bertz CT molecular complexity index is 925. The van der Waals surface area contributed by atoms with E-state index in [1.807, 2.05) is 0 Å². The molecule has 1 aliphatic heterocycles. The van der Waals surface area contributed by atoms with Crippen LogP contribution in [0.15, 0.2) is 46.5 Å². The average molecular weight is 369 g/mol. The number of halogens is 3. The van der Waals surface area contributed by atoms with Crippen LogP contribution in [0.25, 0.3) is 0 Å². The molecule has 2 heterocycles. The van der Waals surface area contributed by atoms with Crippen molar-refractivity contribution in [1.29, 1.82) is 0 Å². The van der Waals surface area contributed by atoms with Crippen molar-refractivity contribution >= 4 is 10.8 Å². The van der Waals surface area contributed by atoms with Crippen LogP contribution in [0.3, 0.4) is 0 Å². The Labute approximate surface area is 143 Å². The third-order valence-corrected chi connectivity index (χ3v) is 4.86. The van der Waals surface area contributed by atoms with Crippen molar-refractivity contribution in [3.8, 4) is 5.75 Å². The van der Waals surface area contributed by atoms with Gasteiger partial charge in [-0.2, -0.15) is 13.2 Å². The van der Waals surface area contributed by atoms with E-state index in [1.54, 1.807) is 31.2 Å². The summed E-state index contributed by atoms with van der Waals surface area (Å²) in [6.45, 7) is 0.130. The van der Waals surface area contributed by atoms with Crippen LogP contribution in [0.4, 0.5) is 13.2 Å². The van der Waals surface area contributed by atoms with Gasteiger partial charge in [0.05, 0.1) is 21.5 Å². The molecule has 0 saturated carbocycles. The van der Waals surface area contributed by atoms with Gasteiger partial charge in [-0.05, 0) is 25.1 Å². The maximum absolute atomic E-state index is 12.5. The number of benzene rings is 1. The summed E-state index contributed by atoms with van der Waals surface area (Å²) in [5, 5.41) is 1.11. The highest BCUT2D eigenvalue weighted by Crippen LogP contribution is 2.35. The fourth-order valence-electron chi connectivity index (χ4n) is 2.54. The molecule has 3 rings (SSSR count). The zero-order valence-corrected chi connectivity index (χ0v) is 14.2. The van der Waals surface area contributed by atoms with Gasteiger partial charge in [0, 0.05) is 18.0 Å². The van der Waals surface area contributed by atoms with E-state index in [4.69, 9.17) is 4.74 Å². The second-order valence-electron chi connectivity index (χ2n) is 5.46. The van der Waals surface area contributed by atoms with Gasteiger partial charge in [0.1, 0.15) is 11.4 Å². The van der Waals surface area contributed by atoms with Gasteiger partial charge < -0.3 is 4.74 Å². The lowest BCUT2D eigenvalue weighted by atomic mass is 10.1. The molecule has 0 bridgehead atoms. The molecule has 0 radical (unpaired) electrons. The highest BCUT2D eigenvalue weighted by atomic mass is 32.2. The van der Waals surface area contributed by atoms with E-state index < -0.39 is 28.6 Å². The number of nitrogens with zero attached hydrogens (tertiary/aromatic N) is 3. The van der Waals surface area contributed by atoms with Crippen LogP contribution >= 0.6 is 0 Å². The molecule has 1 aromatic carbocycles. The van der Waals surface area contributed by atoms with Gasteiger partial charge in [0.15, 0.2) is 6.61 Å². The standard InChI is InChI=1S/C16H14F3N3O2S/c1-10-13(24-9-15(17,18)19)7-8-20-14(10)16(25(2)23)21-11-5-3-4-6-12(11)22-16/h3-8H,9H2,1-2H3. The van der Waals surface area contributed by atoms with Gasteiger partial charge in [-0.25, -0.2) is 9.98 Å². The molecule has 0 amide bonds. The number of pyridine rings is 1. The smallest absolute Gasteiger partial charge is 0.422 e. The van der Waals surface area contributed by atoms with Crippen molar-refractivity contribution in [1.82, 2.24) is 4.98 Å². The summed E-state index contributed by atoms with van der Waals surface area (Å²) in [7, 11) is -1.59. The van der Waals surface area contributed by atoms with Crippen LogP contribution in [0.1, 0.15) is 11.3 Å². The van der Waals surface area contributed by atoms with E-state index in [-0.39, 0.29) is 11.4 Å². The largest absolute Gasteiger partial charge is 0.484 e. The molecule has 1 unspecified atom stereocenters. The molecule has 1 aliphatic rings. The molecule has 0 saturated heterocycles. The number of ether oxygens (including phenoxy) is 1. The first kappa shape index (κ1) is 17.5. The zero-order chi connectivity index (χ0) is 18.2. The molecule has 2 aromatic rings. The number of aromatic nitrogens is 1. The first-order chi connectivity index (χ1) is 11.7. The fourth-order valence-corrected chi connectivity index (χ4v) is 3.47. The fraction of sp³-hybridized carbons (Fsp3) is 0.312. The highest BCUT2D eigenvalue weighted by Gasteiger charge is 2.41. The summed E-state index contributed by atoms with van der Waals surface area (Å²) in [6.07, 6.45) is -1.72. The maximum Gasteiger partial charge on any atom is 0.422 e. The SMILES string of the molecule is Cc1c(OCC(F)(F)F)ccnc1C1(S(C)=O)N=c2ccccc2=N1. The molecule has 0 aliphatic carbocycles. The predicted molar refractivity (Wildman–Crippen MR) is 85.0 cm³/mol. The lowest BCUT2D eigenvalue weighted by Gasteiger charge is -2.23. The molecule has 0 fully saturated rings. The number of fused-ring (bicyclic) bond motifs is 1. The summed E-state index contributed by atoms with van der Waals surface area (Å²) in [4.78, 5) is 11.6. The molecular formula is C16H14F3N3O2S. The van der Waals surface area contributed by atoms with Crippen LogP contribution in [0, 0.1) is 6.92 Å². The minimum absolute atomic E-state index is 0.00788. The van der Waals surface area contributed by atoms with Gasteiger partial charge in [-0.3, -0.25) is 9.19 Å². The number of hydrogen-bond donors (Lipinski definition) is 0. The maximum atomic E-state index is 12.5. The van der Waals surface area contributed by atoms with Crippen LogP contribution in [0.2, 0.25) is 0 Å². The van der Waals surface area contributed by atoms with Gasteiger partial charge >= 0.3 is 6.18 Å². The summed E-state index contributed by atoms with van der Waals surface area (Å²) < 4.78 is 54.6. The molecule has 9 heteroatoms. The average Bonchev–Trinajstić information content (AvgIpc) is 2.93. The van der Waals surface area contributed by atoms with Gasteiger partial charge in [0.25, 0.3) is 4.99 Å². The number of rotatable bonds is 4. The first-order valence-electron chi connectivity index (χ1n) is 7.27. The minimum Gasteiger partial charge on any atom is -0.484 e. The molecule has 132 valence electrons. The summed E-state index contributed by atoms with van der Waals surface area (Å²) in [5.74, 6) is 0.00788. The normalized spacial score (nSPS) is 16.5. The van der Waals surface area contributed by atoms with Crippen molar-refractivity contribution in [2.24, 2.45) is 9.98 Å². The van der Waals surface area contributed by atoms with Crippen molar-refractivity contribution in [2.75, 3.05) is 12.9 Å². The molecule has 1 atom stereocenters.